The number of aryl methyl sites for hydroxylation is 3. The average Bonchev–Trinajstić information content (AvgIpc) is 2.68. The van der Waals surface area contributed by atoms with E-state index in [-0.39, 0.29) is 0 Å². The van der Waals surface area contributed by atoms with Crippen LogP contribution in [0.4, 0.5) is 0 Å². The van der Waals surface area contributed by atoms with Crippen LogP contribution in [0.1, 0.15) is 44.4 Å². The van der Waals surface area contributed by atoms with E-state index in [0.717, 1.165) is 0 Å². The summed E-state index contributed by atoms with van der Waals surface area (Å²) in [6.45, 7) is 14.3. The Bertz CT molecular complexity index is 479. The third-order valence-corrected chi connectivity index (χ3v) is 2.82. The molecule has 0 amide bonds. The Hall–Kier alpha value is -2.34. The second-order valence-corrected chi connectivity index (χ2v) is 4.96. The molecule has 0 nitrogen and oxygen atoms in total. The zero-order chi connectivity index (χ0) is 19.3. The average molecular weight is 337 g/mol. The predicted molar refractivity (Wildman–Crippen MR) is 116 cm³/mol. The number of benzene rings is 3. The van der Waals surface area contributed by atoms with Crippen LogP contribution in [0.2, 0.25) is 0 Å². The van der Waals surface area contributed by atoms with Gasteiger partial charge in [-0.1, -0.05) is 135 Å². The van der Waals surface area contributed by atoms with Crippen molar-refractivity contribution in [3.8, 4) is 0 Å². The van der Waals surface area contributed by atoms with Crippen molar-refractivity contribution in [2.45, 2.75) is 48.5 Å². The number of hydrogen-bond donors (Lipinski definition) is 0. The summed E-state index contributed by atoms with van der Waals surface area (Å²) in [5.41, 5.74) is 3.97. The van der Waals surface area contributed by atoms with Gasteiger partial charge >= 0.3 is 0 Å². The van der Waals surface area contributed by atoms with Crippen molar-refractivity contribution in [3.05, 3.63) is 108 Å². The Balaban J connectivity index is 0. The lowest BCUT2D eigenvalue weighted by Crippen LogP contribution is -1.62. The van der Waals surface area contributed by atoms with Crippen molar-refractivity contribution in [1.82, 2.24) is 0 Å². The molecule has 0 N–H and O–H groups in total. The normalized spacial score (nSPS) is 7.80. The number of hydrogen-bond acceptors (Lipinski definition) is 0. The summed E-state index contributed by atoms with van der Waals surface area (Å²) in [5, 5.41) is 0. The molecule has 0 aromatic heterocycles. The van der Waals surface area contributed by atoms with Crippen molar-refractivity contribution in [1.29, 1.82) is 0 Å². The van der Waals surface area contributed by atoms with E-state index in [9.17, 15) is 0 Å². The van der Waals surface area contributed by atoms with Crippen LogP contribution in [-0.4, -0.2) is 0 Å². The molecule has 25 heavy (non-hydrogen) atoms. The lowest BCUT2D eigenvalue weighted by atomic mass is 10.2. The molecule has 3 rings (SSSR count). The molecule has 136 valence electrons. The molecule has 0 spiro atoms. The Morgan fingerprint density at radius 3 is 0.560 bits per heavy atom. The molecule has 0 saturated heterocycles. The van der Waals surface area contributed by atoms with Crippen molar-refractivity contribution in [2.75, 3.05) is 0 Å². The summed E-state index contributed by atoms with van der Waals surface area (Å²) in [5.74, 6) is 0. The summed E-state index contributed by atoms with van der Waals surface area (Å²) >= 11 is 0. The first-order valence-electron chi connectivity index (χ1n) is 9.23. The molecule has 0 heterocycles. The standard InChI is InChI=1S/3C7H8.2C2H6/c3*1-7-5-3-2-4-6-7;2*1-2/h3*2-6H,1H3;2*1-2H3. The van der Waals surface area contributed by atoms with E-state index in [4.69, 9.17) is 0 Å². The van der Waals surface area contributed by atoms with Crippen LogP contribution in [0.5, 0.6) is 0 Å². The van der Waals surface area contributed by atoms with Gasteiger partial charge in [-0.05, 0) is 20.8 Å². The second kappa shape index (κ2) is 19.7. The highest BCUT2D eigenvalue weighted by Crippen LogP contribution is 1.93. The van der Waals surface area contributed by atoms with Gasteiger partial charge in [-0.25, -0.2) is 0 Å². The lowest BCUT2D eigenvalue weighted by Gasteiger charge is -1.82. The summed E-state index contributed by atoms with van der Waals surface area (Å²) in [7, 11) is 0. The van der Waals surface area contributed by atoms with Crippen molar-refractivity contribution >= 4 is 0 Å². The van der Waals surface area contributed by atoms with Gasteiger partial charge in [0.05, 0.1) is 0 Å². The summed E-state index contributed by atoms with van der Waals surface area (Å²) in [6.07, 6.45) is 0. The fourth-order valence-corrected chi connectivity index (χ4v) is 1.60. The Morgan fingerprint density at radius 2 is 0.480 bits per heavy atom. The third kappa shape index (κ3) is 17.8. The minimum absolute atomic E-state index is 1.32. The van der Waals surface area contributed by atoms with E-state index in [2.05, 4.69) is 57.2 Å². The monoisotopic (exact) mass is 336 g/mol. The smallest absolute Gasteiger partial charge is 0.0398 e. The SMILES string of the molecule is CC.CC.Cc1ccccc1.Cc1ccccc1.Cc1ccccc1. The van der Waals surface area contributed by atoms with Gasteiger partial charge in [-0.3, -0.25) is 0 Å². The van der Waals surface area contributed by atoms with Gasteiger partial charge in [-0.2, -0.15) is 0 Å². The van der Waals surface area contributed by atoms with Crippen LogP contribution in [0.25, 0.3) is 0 Å². The van der Waals surface area contributed by atoms with Crippen LogP contribution in [-0.2, 0) is 0 Å². The van der Waals surface area contributed by atoms with Crippen LogP contribution in [0.15, 0.2) is 91.0 Å². The molecule has 3 aromatic rings. The highest BCUT2D eigenvalue weighted by atomic mass is 13.8. The largest absolute Gasteiger partial charge is 0.0683 e. The molecule has 0 saturated carbocycles. The molecule has 0 aliphatic heterocycles. The van der Waals surface area contributed by atoms with Crippen LogP contribution in [0, 0.1) is 20.8 Å². The molecule has 0 bridgehead atoms. The molecule has 0 unspecified atom stereocenters. The third-order valence-electron chi connectivity index (χ3n) is 2.82. The maximum absolute atomic E-state index is 2.08. The summed E-state index contributed by atoms with van der Waals surface area (Å²) < 4.78 is 0. The van der Waals surface area contributed by atoms with Gasteiger partial charge in [0.25, 0.3) is 0 Å². The van der Waals surface area contributed by atoms with Crippen LogP contribution >= 0.6 is 0 Å². The predicted octanol–water partition coefficient (Wildman–Crippen LogP) is 8.04. The maximum Gasteiger partial charge on any atom is -0.0398 e. The second-order valence-electron chi connectivity index (χ2n) is 4.96. The van der Waals surface area contributed by atoms with E-state index in [0.29, 0.717) is 0 Å². The van der Waals surface area contributed by atoms with Gasteiger partial charge in [0, 0.05) is 0 Å². The minimum atomic E-state index is 1.32. The van der Waals surface area contributed by atoms with Gasteiger partial charge < -0.3 is 0 Å². The van der Waals surface area contributed by atoms with Crippen molar-refractivity contribution in [2.24, 2.45) is 0 Å². The first-order chi connectivity index (χ1) is 12.2. The van der Waals surface area contributed by atoms with E-state index >= 15 is 0 Å². The van der Waals surface area contributed by atoms with Gasteiger partial charge in [0.2, 0.25) is 0 Å². The van der Waals surface area contributed by atoms with Crippen LogP contribution in [0.3, 0.4) is 0 Å². The molecule has 0 fully saturated rings. The molecular formula is C25H36. The Kier molecular flexibility index (Phi) is 19.6. The Labute approximate surface area is 156 Å². The summed E-state index contributed by atoms with van der Waals surface area (Å²) in [6, 6.07) is 30.8. The minimum Gasteiger partial charge on any atom is -0.0683 e. The topological polar surface area (TPSA) is 0 Å². The van der Waals surface area contributed by atoms with Gasteiger partial charge in [-0.15, -0.1) is 0 Å². The summed E-state index contributed by atoms with van der Waals surface area (Å²) in [4.78, 5) is 0. The fraction of sp³-hybridized carbons (Fsp3) is 0.280. The first-order valence-corrected chi connectivity index (χ1v) is 9.23. The van der Waals surface area contributed by atoms with Gasteiger partial charge in [0.1, 0.15) is 0 Å². The van der Waals surface area contributed by atoms with Crippen molar-refractivity contribution in [3.63, 3.8) is 0 Å². The van der Waals surface area contributed by atoms with E-state index < -0.39 is 0 Å². The van der Waals surface area contributed by atoms with Crippen molar-refractivity contribution < 1.29 is 0 Å². The van der Waals surface area contributed by atoms with E-state index in [1.54, 1.807) is 0 Å². The molecule has 0 radical (unpaired) electrons. The van der Waals surface area contributed by atoms with E-state index in [1.165, 1.54) is 16.7 Å². The highest BCUT2D eigenvalue weighted by Gasteiger charge is 1.73. The molecular weight excluding hydrogens is 300 g/mol. The zero-order valence-electron chi connectivity index (χ0n) is 17.2. The highest BCUT2D eigenvalue weighted by molar-refractivity contribution is 5.12. The molecule has 0 aliphatic carbocycles. The molecule has 0 aliphatic rings. The maximum atomic E-state index is 2.08. The molecule has 3 aromatic carbocycles. The van der Waals surface area contributed by atoms with Gasteiger partial charge in [0.15, 0.2) is 0 Å². The quantitative estimate of drug-likeness (QED) is 0.389. The number of rotatable bonds is 0. The molecule has 0 heteroatoms. The fourth-order valence-electron chi connectivity index (χ4n) is 1.60. The zero-order valence-corrected chi connectivity index (χ0v) is 17.2. The molecule has 0 atom stereocenters. The lowest BCUT2D eigenvalue weighted by molar-refractivity contribution is 1.48. The van der Waals surface area contributed by atoms with E-state index in [1.807, 2.05) is 82.3 Å². The first kappa shape index (κ1) is 24.9. The van der Waals surface area contributed by atoms with Crippen LogP contribution < -0.4 is 0 Å². The Morgan fingerprint density at radius 1 is 0.320 bits per heavy atom.